The van der Waals surface area contributed by atoms with E-state index in [1.165, 1.54) is 12.1 Å². The van der Waals surface area contributed by atoms with Crippen molar-refractivity contribution in [3.63, 3.8) is 0 Å². The van der Waals surface area contributed by atoms with Crippen LogP contribution in [-0.4, -0.2) is 58.9 Å². The van der Waals surface area contributed by atoms with Gasteiger partial charge in [0.05, 0.1) is 12.0 Å². The summed E-state index contributed by atoms with van der Waals surface area (Å²) in [6.45, 7) is 2.03. The van der Waals surface area contributed by atoms with Crippen LogP contribution in [0.15, 0.2) is 54.6 Å². The van der Waals surface area contributed by atoms with Crippen LogP contribution in [0, 0.1) is 0 Å². The van der Waals surface area contributed by atoms with Crippen molar-refractivity contribution in [1.29, 1.82) is 0 Å². The van der Waals surface area contributed by atoms with E-state index >= 15 is 0 Å². The summed E-state index contributed by atoms with van der Waals surface area (Å²) in [5.41, 5.74) is 1.64. The van der Waals surface area contributed by atoms with Crippen molar-refractivity contribution < 1.29 is 19.5 Å². The van der Waals surface area contributed by atoms with Crippen LogP contribution in [0.1, 0.15) is 26.3 Å². The molecule has 0 saturated carbocycles. The van der Waals surface area contributed by atoms with Gasteiger partial charge in [-0.1, -0.05) is 30.3 Å². The van der Waals surface area contributed by atoms with E-state index in [1.54, 1.807) is 34.1 Å². The van der Waals surface area contributed by atoms with Crippen molar-refractivity contribution in [2.24, 2.45) is 0 Å². The zero-order valence-electron chi connectivity index (χ0n) is 14.3. The molecule has 2 aromatic rings. The molecule has 1 N–H and O–H groups in total. The van der Waals surface area contributed by atoms with Gasteiger partial charge in [0.2, 0.25) is 5.91 Å². The SMILES string of the molecule is O=C(O)c1ccc(CC(=O)N2CCN(C(=O)c3ccccc3)CC2)cc1. The Kier molecular flexibility index (Phi) is 5.31. The molecule has 0 radical (unpaired) electrons. The maximum atomic E-state index is 12.4. The summed E-state index contributed by atoms with van der Waals surface area (Å²) in [6, 6.07) is 15.5. The zero-order chi connectivity index (χ0) is 18.5. The first kappa shape index (κ1) is 17.7. The molecule has 3 rings (SSSR count). The third-order valence-electron chi connectivity index (χ3n) is 4.50. The molecule has 0 aliphatic carbocycles. The van der Waals surface area contributed by atoms with Gasteiger partial charge in [0.15, 0.2) is 0 Å². The van der Waals surface area contributed by atoms with Crippen molar-refractivity contribution in [2.45, 2.75) is 6.42 Å². The molecule has 0 bridgehead atoms. The normalized spacial score (nSPS) is 14.2. The Morgan fingerprint density at radius 2 is 1.35 bits per heavy atom. The highest BCUT2D eigenvalue weighted by Gasteiger charge is 2.24. The number of carbonyl (C=O) groups is 3. The van der Waals surface area contributed by atoms with Crippen LogP contribution in [0.25, 0.3) is 0 Å². The van der Waals surface area contributed by atoms with E-state index < -0.39 is 5.97 Å². The molecule has 0 aromatic heterocycles. The Morgan fingerprint density at radius 1 is 0.769 bits per heavy atom. The Morgan fingerprint density at radius 3 is 1.92 bits per heavy atom. The average molecular weight is 352 g/mol. The minimum Gasteiger partial charge on any atom is -0.478 e. The number of carboxylic acids is 1. The molecule has 6 heteroatoms. The Bertz CT molecular complexity index is 794. The molecule has 2 aromatic carbocycles. The van der Waals surface area contributed by atoms with Crippen LogP contribution in [-0.2, 0) is 11.2 Å². The van der Waals surface area contributed by atoms with Crippen molar-refractivity contribution >= 4 is 17.8 Å². The maximum Gasteiger partial charge on any atom is 0.335 e. The van der Waals surface area contributed by atoms with Gasteiger partial charge in [0, 0.05) is 31.7 Å². The predicted molar refractivity (Wildman–Crippen MR) is 96.0 cm³/mol. The van der Waals surface area contributed by atoms with Gasteiger partial charge in [-0.3, -0.25) is 9.59 Å². The van der Waals surface area contributed by atoms with Crippen molar-refractivity contribution in [3.05, 3.63) is 71.3 Å². The number of aromatic carboxylic acids is 1. The van der Waals surface area contributed by atoms with Crippen molar-refractivity contribution in [3.8, 4) is 0 Å². The number of piperazine rings is 1. The molecular weight excluding hydrogens is 332 g/mol. The minimum atomic E-state index is -0.984. The van der Waals surface area contributed by atoms with Gasteiger partial charge >= 0.3 is 5.97 Å². The van der Waals surface area contributed by atoms with E-state index in [1.807, 2.05) is 18.2 Å². The fourth-order valence-corrected chi connectivity index (χ4v) is 2.97. The highest BCUT2D eigenvalue weighted by atomic mass is 16.4. The van der Waals surface area contributed by atoms with Gasteiger partial charge in [-0.2, -0.15) is 0 Å². The molecule has 1 aliphatic heterocycles. The molecule has 1 saturated heterocycles. The Balaban J connectivity index is 1.53. The molecule has 134 valence electrons. The monoisotopic (exact) mass is 352 g/mol. The highest BCUT2D eigenvalue weighted by Crippen LogP contribution is 2.11. The smallest absolute Gasteiger partial charge is 0.335 e. The lowest BCUT2D eigenvalue weighted by Crippen LogP contribution is -2.51. The first-order valence-corrected chi connectivity index (χ1v) is 8.49. The number of benzene rings is 2. The number of rotatable bonds is 4. The van der Waals surface area contributed by atoms with Crippen LogP contribution < -0.4 is 0 Å². The summed E-state index contributed by atoms with van der Waals surface area (Å²) in [4.78, 5) is 39.2. The number of carbonyl (C=O) groups excluding carboxylic acids is 2. The number of hydrogen-bond acceptors (Lipinski definition) is 3. The van der Waals surface area contributed by atoms with Crippen LogP contribution in [0.2, 0.25) is 0 Å². The van der Waals surface area contributed by atoms with Gasteiger partial charge < -0.3 is 14.9 Å². The van der Waals surface area contributed by atoms with E-state index in [0.29, 0.717) is 31.7 Å². The quantitative estimate of drug-likeness (QED) is 0.912. The van der Waals surface area contributed by atoms with Crippen LogP contribution in [0.5, 0.6) is 0 Å². The second kappa shape index (κ2) is 7.82. The summed E-state index contributed by atoms with van der Waals surface area (Å²) in [6.07, 6.45) is 0.229. The van der Waals surface area contributed by atoms with Gasteiger partial charge in [-0.15, -0.1) is 0 Å². The maximum absolute atomic E-state index is 12.4. The fraction of sp³-hybridized carbons (Fsp3) is 0.250. The topological polar surface area (TPSA) is 77.9 Å². The largest absolute Gasteiger partial charge is 0.478 e. The molecule has 2 amide bonds. The lowest BCUT2D eigenvalue weighted by molar-refractivity contribution is -0.131. The summed E-state index contributed by atoms with van der Waals surface area (Å²) < 4.78 is 0. The van der Waals surface area contributed by atoms with Gasteiger partial charge in [0.25, 0.3) is 5.91 Å². The number of hydrogen-bond donors (Lipinski definition) is 1. The summed E-state index contributed by atoms with van der Waals surface area (Å²) >= 11 is 0. The van der Waals surface area contributed by atoms with Gasteiger partial charge in [-0.05, 0) is 29.8 Å². The first-order chi connectivity index (χ1) is 12.5. The molecule has 1 heterocycles. The highest BCUT2D eigenvalue weighted by molar-refractivity contribution is 5.94. The molecule has 1 fully saturated rings. The Labute approximate surface area is 151 Å². The summed E-state index contributed by atoms with van der Waals surface area (Å²) in [7, 11) is 0. The van der Waals surface area contributed by atoms with Gasteiger partial charge in [0.1, 0.15) is 0 Å². The number of carboxylic acid groups (broad SMARTS) is 1. The third kappa shape index (κ3) is 4.08. The Hall–Kier alpha value is -3.15. The van der Waals surface area contributed by atoms with Crippen LogP contribution >= 0.6 is 0 Å². The second-order valence-corrected chi connectivity index (χ2v) is 6.22. The van der Waals surface area contributed by atoms with E-state index in [0.717, 1.165) is 5.56 Å². The van der Waals surface area contributed by atoms with Crippen molar-refractivity contribution in [1.82, 2.24) is 9.80 Å². The molecule has 1 aliphatic rings. The molecule has 0 spiro atoms. The van der Waals surface area contributed by atoms with Crippen molar-refractivity contribution in [2.75, 3.05) is 26.2 Å². The van der Waals surface area contributed by atoms with E-state index in [4.69, 9.17) is 5.11 Å². The lowest BCUT2D eigenvalue weighted by Gasteiger charge is -2.35. The fourth-order valence-electron chi connectivity index (χ4n) is 2.97. The van der Waals surface area contributed by atoms with Crippen LogP contribution in [0.4, 0.5) is 0 Å². The summed E-state index contributed by atoms with van der Waals surface area (Å²) in [5.74, 6) is -1.01. The summed E-state index contributed by atoms with van der Waals surface area (Å²) in [5, 5.41) is 8.91. The third-order valence-corrected chi connectivity index (χ3v) is 4.50. The van der Waals surface area contributed by atoms with E-state index in [-0.39, 0.29) is 23.8 Å². The van der Waals surface area contributed by atoms with Crippen LogP contribution in [0.3, 0.4) is 0 Å². The molecule has 6 nitrogen and oxygen atoms in total. The molecular formula is C20H20N2O4. The lowest BCUT2D eigenvalue weighted by atomic mass is 10.1. The standard InChI is InChI=1S/C20H20N2O4/c23-18(14-15-6-8-17(9-7-15)20(25)26)21-10-12-22(13-11-21)19(24)16-4-2-1-3-5-16/h1-9H,10-14H2,(H,25,26). The average Bonchev–Trinajstić information content (AvgIpc) is 2.68. The molecule has 26 heavy (non-hydrogen) atoms. The number of amides is 2. The molecule has 0 unspecified atom stereocenters. The van der Waals surface area contributed by atoms with E-state index in [2.05, 4.69) is 0 Å². The van der Waals surface area contributed by atoms with E-state index in [9.17, 15) is 14.4 Å². The zero-order valence-corrected chi connectivity index (χ0v) is 14.3. The number of nitrogens with zero attached hydrogens (tertiary/aromatic N) is 2. The second-order valence-electron chi connectivity index (χ2n) is 6.22. The predicted octanol–water partition coefficient (Wildman–Crippen LogP) is 1.91. The molecule has 0 atom stereocenters. The first-order valence-electron chi connectivity index (χ1n) is 8.49. The minimum absolute atomic E-state index is 0.0121. The van der Waals surface area contributed by atoms with Gasteiger partial charge in [-0.25, -0.2) is 4.79 Å².